The predicted molar refractivity (Wildman–Crippen MR) is 68.8 cm³/mol. The van der Waals surface area contributed by atoms with Crippen LogP contribution in [0.25, 0.3) is 0 Å². The molecule has 1 aromatic rings. The van der Waals surface area contributed by atoms with Crippen LogP contribution in [-0.2, 0) is 6.54 Å². The molecule has 0 aliphatic rings. The summed E-state index contributed by atoms with van der Waals surface area (Å²) < 4.78 is 0. The summed E-state index contributed by atoms with van der Waals surface area (Å²) in [5, 5.41) is 21.7. The standard InChI is InChI=1S/C13H17ClN2O/c1-10(17)3-2-6-16-9-12-5-4-11(8-15)7-13(12)14/h4-5,7,10,16-17H,2-3,6,9H2,1H3. The van der Waals surface area contributed by atoms with Crippen molar-refractivity contribution in [3.8, 4) is 6.07 Å². The Balaban J connectivity index is 2.35. The Morgan fingerprint density at radius 2 is 2.29 bits per heavy atom. The Kier molecular flexibility index (Phi) is 5.99. The molecule has 0 radical (unpaired) electrons. The normalized spacial score (nSPS) is 12.1. The molecule has 0 spiro atoms. The first-order valence-electron chi connectivity index (χ1n) is 5.71. The molecule has 0 bridgehead atoms. The van der Waals surface area contributed by atoms with Crippen LogP contribution in [0.2, 0.25) is 5.02 Å². The number of hydrogen-bond donors (Lipinski definition) is 2. The van der Waals surface area contributed by atoms with Crippen molar-refractivity contribution in [2.45, 2.75) is 32.4 Å². The average molecular weight is 253 g/mol. The van der Waals surface area contributed by atoms with E-state index >= 15 is 0 Å². The molecule has 1 atom stereocenters. The van der Waals surface area contributed by atoms with E-state index in [2.05, 4.69) is 11.4 Å². The Morgan fingerprint density at radius 1 is 1.53 bits per heavy atom. The van der Waals surface area contributed by atoms with Gasteiger partial charge in [-0.3, -0.25) is 0 Å². The van der Waals surface area contributed by atoms with Gasteiger partial charge >= 0.3 is 0 Å². The van der Waals surface area contributed by atoms with E-state index in [1.165, 1.54) is 0 Å². The second-order valence-electron chi connectivity index (χ2n) is 4.09. The highest BCUT2D eigenvalue weighted by molar-refractivity contribution is 6.31. The number of nitrogens with one attached hydrogen (secondary N) is 1. The number of hydrogen-bond acceptors (Lipinski definition) is 3. The maximum absolute atomic E-state index is 9.09. The van der Waals surface area contributed by atoms with Crippen LogP contribution in [0.5, 0.6) is 0 Å². The van der Waals surface area contributed by atoms with Gasteiger partial charge in [0.05, 0.1) is 17.7 Å². The van der Waals surface area contributed by atoms with Gasteiger partial charge < -0.3 is 10.4 Å². The van der Waals surface area contributed by atoms with Crippen LogP contribution >= 0.6 is 11.6 Å². The molecule has 0 aliphatic heterocycles. The molecule has 0 amide bonds. The van der Waals surface area contributed by atoms with Gasteiger partial charge in [0.2, 0.25) is 0 Å². The van der Waals surface area contributed by atoms with E-state index in [4.69, 9.17) is 22.0 Å². The molecule has 0 saturated heterocycles. The topological polar surface area (TPSA) is 56.0 Å². The molecule has 4 heteroatoms. The predicted octanol–water partition coefficient (Wildman–Crippen LogP) is 2.46. The minimum atomic E-state index is -0.240. The molecule has 1 unspecified atom stereocenters. The van der Waals surface area contributed by atoms with Gasteiger partial charge in [0, 0.05) is 11.6 Å². The first-order chi connectivity index (χ1) is 8.13. The van der Waals surface area contributed by atoms with Crippen LogP contribution < -0.4 is 5.32 Å². The largest absolute Gasteiger partial charge is 0.393 e. The molecule has 2 N–H and O–H groups in total. The third-order valence-corrected chi connectivity index (χ3v) is 2.82. The van der Waals surface area contributed by atoms with E-state index in [1.54, 1.807) is 19.1 Å². The zero-order chi connectivity index (χ0) is 12.7. The van der Waals surface area contributed by atoms with Crippen LogP contribution in [0.15, 0.2) is 18.2 Å². The van der Waals surface area contributed by atoms with E-state index in [-0.39, 0.29) is 6.10 Å². The summed E-state index contributed by atoms with van der Waals surface area (Å²) in [7, 11) is 0. The Hall–Kier alpha value is -1.08. The van der Waals surface area contributed by atoms with Crippen LogP contribution in [0.1, 0.15) is 30.9 Å². The quantitative estimate of drug-likeness (QED) is 0.765. The summed E-state index contributed by atoms with van der Waals surface area (Å²) in [5.74, 6) is 0. The molecule has 1 rings (SSSR count). The molecule has 1 aromatic carbocycles. The average Bonchev–Trinajstić information content (AvgIpc) is 2.30. The Bertz CT molecular complexity index is 399. The minimum absolute atomic E-state index is 0.240. The lowest BCUT2D eigenvalue weighted by molar-refractivity contribution is 0.181. The van der Waals surface area contributed by atoms with Gasteiger partial charge in [0.25, 0.3) is 0 Å². The minimum Gasteiger partial charge on any atom is -0.393 e. The maximum atomic E-state index is 9.09. The molecule has 3 nitrogen and oxygen atoms in total. The number of benzene rings is 1. The monoisotopic (exact) mass is 252 g/mol. The van der Waals surface area contributed by atoms with Crippen LogP contribution in [0, 0.1) is 11.3 Å². The molecule has 0 fully saturated rings. The van der Waals surface area contributed by atoms with Crippen LogP contribution in [0.4, 0.5) is 0 Å². The number of halogens is 1. The van der Waals surface area contributed by atoms with E-state index in [1.807, 2.05) is 6.07 Å². The van der Waals surface area contributed by atoms with Gasteiger partial charge in [0.15, 0.2) is 0 Å². The van der Waals surface area contributed by atoms with Crippen molar-refractivity contribution in [2.24, 2.45) is 0 Å². The van der Waals surface area contributed by atoms with Gasteiger partial charge in [-0.25, -0.2) is 0 Å². The zero-order valence-corrected chi connectivity index (χ0v) is 10.7. The summed E-state index contributed by atoms with van der Waals surface area (Å²) in [6.45, 7) is 3.32. The van der Waals surface area contributed by atoms with E-state index in [0.29, 0.717) is 17.1 Å². The SMILES string of the molecule is CC(O)CCCNCc1ccc(C#N)cc1Cl. The van der Waals surface area contributed by atoms with Crippen molar-refractivity contribution in [2.75, 3.05) is 6.54 Å². The molecular weight excluding hydrogens is 236 g/mol. The lowest BCUT2D eigenvalue weighted by Gasteiger charge is -2.08. The smallest absolute Gasteiger partial charge is 0.0992 e. The number of nitrogens with zero attached hydrogens (tertiary/aromatic N) is 1. The van der Waals surface area contributed by atoms with E-state index < -0.39 is 0 Å². The van der Waals surface area contributed by atoms with Gasteiger partial charge in [-0.2, -0.15) is 5.26 Å². The van der Waals surface area contributed by atoms with Gasteiger partial charge in [-0.05, 0) is 44.0 Å². The maximum Gasteiger partial charge on any atom is 0.0992 e. The third-order valence-electron chi connectivity index (χ3n) is 2.47. The first-order valence-corrected chi connectivity index (χ1v) is 6.08. The molecule has 0 aliphatic carbocycles. The van der Waals surface area contributed by atoms with Crippen molar-refractivity contribution in [3.63, 3.8) is 0 Å². The lowest BCUT2D eigenvalue weighted by atomic mass is 10.1. The summed E-state index contributed by atoms with van der Waals surface area (Å²) in [6, 6.07) is 7.35. The van der Waals surface area contributed by atoms with Crippen molar-refractivity contribution < 1.29 is 5.11 Å². The first kappa shape index (κ1) is 14.0. The van der Waals surface area contributed by atoms with Gasteiger partial charge in [-0.1, -0.05) is 17.7 Å². The zero-order valence-electron chi connectivity index (χ0n) is 9.91. The second-order valence-corrected chi connectivity index (χ2v) is 4.49. The highest BCUT2D eigenvalue weighted by Gasteiger charge is 2.01. The summed E-state index contributed by atoms with van der Waals surface area (Å²) in [5.41, 5.74) is 1.57. The van der Waals surface area contributed by atoms with Crippen LogP contribution in [0.3, 0.4) is 0 Å². The summed E-state index contributed by atoms with van der Waals surface area (Å²) >= 11 is 6.04. The number of rotatable bonds is 6. The fourth-order valence-electron chi connectivity index (χ4n) is 1.51. The third kappa shape index (κ3) is 5.18. The van der Waals surface area contributed by atoms with Gasteiger partial charge in [-0.15, -0.1) is 0 Å². The molecular formula is C13H17ClN2O. The summed E-state index contributed by atoms with van der Waals surface area (Å²) in [6.07, 6.45) is 1.50. The van der Waals surface area contributed by atoms with Crippen molar-refractivity contribution in [3.05, 3.63) is 34.3 Å². The fourth-order valence-corrected chi connectivity index (χ4v) is 1.75. The fraction of sp³-hybridized carbons (Fsp3) is 0.462. The Morgan fingerprint density at radius 3 is 2.88 bits per heavy atom. The number of aliphatic hydroxyl groups excluding tert-OH is 1. The molecule has 0 aromatic heterocycles. The molecule has 92 valence electrons. The Labute approximate surface area is 107 Å². The number of aliphatic hydroxyl groups is 1. The van der Waals surface area contributed by atoms with Gasteiger partial charge in [0.1, 0.15) is 0 Å². The van der Waals surface area contributed by atoms with E-state index in [0.717, 1.165) is 24.9 Å². The van der Waals surface area contributed by atoms with Crippen LogP contribution in [-0.4, -0.2) is 17.8 Å². The van der Waals surface area contributed by atoms with Crippen molar-refractivity contribution in [1.29, 1.82) is 5.26 Å². The van der Waals surface area contributed by atoms with Crippen molar-refractivity contribution >= 4 is 11.6 Å². The molecule has 0 heterocycles. The number of nitriles is 1. The van der Waals surface area contributed by atoms with E-state index in [9.17, 15) is 0 Å². The van der Waals surface area contributed by atoms with Crippen molar-refractivity contribution in [1.82, 2.24) is 5.32 Å². The lowest BCUT2D eigenvalue weighted by Crippen LogP contribution is -2.16. The second kappa shape index (κ2) is 7.29. The summed E-state index contributed by atoms with van der Waals surface area (Å²) in [4.78, 5) is 0. The molecule has 0 saturated carbocycles. The highest BCUT2D eigenvalue weighted by atomic mass is 35.5. The highest BCUT2D eigenvalue weighted by Crippen LogP contribution is 2.17. The molecule has 17 heavy (non-hydrogen) atoms.